The van der Waals surface area contributed by atoms with Crippen molar-refractivity contribution in [3.8, 4) is 10.6 Å². The molecule has 21 heavy (non-hydrogen) atoms. The molecule has 1 heterocycles. The lowest BCUT2D eigenvalue weighted by atomic mass is 10.2. The minimum absolute atomic E-state index is 0.112. The van der Waals surface area contributed by atoms with Crippen molar-refractivity contribution in [3.05, 3.63) is 40.9 Å². The van der Waals surface area contributed by atoms with E-state index in [1.807, 2.05) is 31.2 Å². The first kappa shape index (κ1) is 15.2. The minimum atomic E-state index is -0.227. The van der Waals surface area contributed by atoms with Crippen molar-refractivity contribution < 1.29 is 9.59 Å². The highest BCUT2D eigenvalue weighted by molar-refractivity contribution is 7.13. The molecule has 0 aliphatic rings. The molecule has 1 aromatic carbocycles. The van der Waals surface area contributed by atoms with Gasteiger partial charge in [0, 0.05) is 31.0 Å². The third kappa shape index (κ3) is 4.39. The summed E-state index contributed by atoms with van der Waals surface area (Å²) in [7, 11) is 0. The lowest BCUT2D eigenvalue weighted by Gasteiger charge is -2.03. The summed E-state index contributed by atoms with van der Waals surface area (Å²) in [6.07, 6.45) is 0. The molecule has 0 bridgehead atoms. The van der Waals surface area contributed by atoms with E-state index in [1.54, 1.807) is 5.38 Å². The van der Waals surface area contributed by atoms with Crippen LogP contribution >= 0.6 is 11.3 Å². The summed E-state index contributed by atoms with van der Waals surface area (Å²) in [6, 6.07) is 8.02. The van der Waals surface area contributed by atoms with E-state index in [2.05, 4.69) is 15.6 Å². The van der Waals surface area contributed by atoms with Gasteiger partial charge in [-0.2, -0.15) is 0 Å². The second-order valence-electron chi connectivity index (χ2n) is 4.64. The fraction of sp³-hybridized carbons (Fsp3) is 0.267. The van der Waals surface area contributed by atoms with Gasteiger partial charge in [-0.1, -0.05) is 29.8 Å². The Morgan fingerprint density at radius 2 is 1.81 bits per heavy atom. The molecule has 2 aromatic rings. The first-order chi connectivity index (χ1) is 10.1. The predicted molar refractivity (Wildman–Crippen MR) is 83.3 cm³/mol. The van der Waals surface area contributed by atoms with E-state index in [9.17, 15) is 9.59 Å². The molecule has 6 heteroatoms. The van der Waals surface area contributed by atoms with Crippen LogP contribution in [-0.2, 0) is 4.79 Å². The van der Waals surface area contributed by atoms with Gasteiger partial charge in [-0.05, 0) is 6.92 Å². The Hall–Kier alpha value is -2.21. The maximum Gasteiger partial charge on any atom is 0.270 e. The molecule has 2 rings (SSSR count). The number of amides is 2. The summed E-state index contributed by atoms with van der Waals surface area (Å²) in [5.41, 5.74) is 2.59. The Morgan fingerprint density at radius 3 is 2.48 bits per heavy atom. The summed E-state index contributed by atoms with van der Waals surface area (Å²) in [6.45, 7) is 4.27. The van der Waals surface area contributed by atoms with Crippen LogP contribution in [0.3, 0.4) is 0 Å². The first-order valence-corrected chi connectivity index (χ1v) is 7.49. The van der Waals surface area contributed by atoms with Gasteiger partial charge >= 0.3 is 0 Å². The third-order valence-corrected chi connectivity index (χ3v) is 3.71. The summed E-state index contributed by atoms with van der Waals surface area (Å²) in [5.74, 6) is -0.338. The molecule has 1 aromatic heterocycles. The molecule has 0 atom stereocenters. The van der Waals surface area contributed by atoms with E-state index in [4.69, 9.17) is 0 Å². The number of hydrogen-bond donors (Lipinski definition) is 2. The van der Waals surface area contributed by atoms with Crippen molar-refractivity contribution in [1.29, 1.82) is 0 Å². The van der Waals surface area contributed by atoms with Crippen LogP contribution < -0.4 is 10.6 Å². The molecular formula is C15H17N3O2S. The van der Waals surface area contributed by atoms with Crippen LogP contribution in [0.1, 0.15) is 23.0 Å². The number of nitrogens with one attached hydrogen (secondary N) is 2. The SMILES string of the molecule is CC(=O)NCCNC(=O)c1csc(-c2ccc(C)cc2)n1. The fourth-order valence-electron chi connectivity index (χ4n) is 1.71. The Kier molecular flexibility index (Phi) is 5.05. The number of hydrogen-bond acceptors (Lipinski definition) is 4. The second kappa shape index (κ2) is 6.99. The van der Waals surface area contributed by atoms with Crippen molar-refractivity contribution in [2.24, 2.45) is 0 Å². The van der Waals surface area contributed by atoms with Gasteiger partial charge < -0.3 is 10.6 Å². The smallest absolute Gasteiger partial charge is 0.270 e. The maximum absolute atomic E-state index is 11.9. The number of aromatic nitrogens is 1. The normalized spacial score (nSPS) is 10.2. The molecule has 0 spiro atoms. The summed E-state index contributed by atoms with van der Waals surface area (Å²) in [4.78, 5) is 27.0. The number of aryl methyl sites for hydroxylation is 1. The van der Waals surface area contributed by atoms with Crippen LogP contribution in [0.4, 0.5) is 0 Å². The molecule has 0 saturated carbocycles. The topological polar surface area (TPSA) is 71.1 Å². The van der Waals surface area contributed by atoms with Gasteiger partial charge in [0.05, 0.1) is 0 Å². The van der Waals surface area contributed by atoms with Crippen molar-refractivity contribution >= 4 is 23.2 Å². The average molecular weight is 303 g/mol. The van der Waals surface area contributed by atoms with Crippen molar-refractivity contribution in [3.63, 3.8) is 0 Å². The highest BCUT2D eigenvalue weighted by Gasteiger charge is 2.11. The molecule has 0 unspecified atom stereocenters. The molecule has 0 radical (unpaired) electrons. The van der Waals surface area contributed by atoms with Gasteiger partial charge in [0.2, 0.25) is 5.91 Å². The molecular weight excluding hydrogens is 286 g/mol. The standard InChI is InChI=1S/C15H17N3O2S/c1-10-3-5-12(6-4-10)15-18-13(9-21-15)14(20)17-8-7-16-11(2)19/h3-6,9H,7-8H2,1-2H3,(H,16,19)(H,17,20). The number of thiazole rings is 1. The summed E-state index contributed by atoms with van der Waals surface area (Å²) < 4.78 is 0. The second-order valence-corrected chi connectivity index (χ2v) is 5.50. The van der Waals surface area contributed by atoms with Crippen LogP contribution in [0, 0.1) is 6.92 Å². The van der Waals surface area contributed by atoms with E-state index in [0.29, 0.717) is 18.8 Å². The minimum Gasteiger partial charge on any atom is -0.355 e. The lowest BCUT2D eigenvalue weighted by Crippen LogP contribution is -2.33. The maximum atomic E-state index is 11.9. The summed E-state index contributed by atoms with van der Waals surface area (Å²) >= 11 is 1.44. The number of nitrogens with zero attached hydrogens (tertiary/aromatic N) is 1. The number of carbonyl (C=O) groups excluding carboxylic acids is 2. The van der Waals surface area contributed by atoms with Gasteiger partial charge in [-0.15, -0.1) is 11.3 Å². The van der Waals surface area contributed by atoms with Crippen LogP contribution in [-0.4, -0.2) is 29.9 Å². The van der Waals surface area contributed by atoms with E-state index >= 15 is 0 Å². The molecule has 2 N–H and O–H groups in total. The number of benzene rings is 1. The monoisotopic (exact) mass is 303 g/mol. The summed E-state index contributed by atoms with van der Waals surface area (Å²) in [5, 5.41) is 7.90. The zero-order valence-electron chi connectivity index (χ0n) is 12.0. The van der Waals surface area contributed by atoms with Crippen LogP contribution in [0.2, 0.25) is 0 Å². The van der Waals surface area contributed by atoms with Gasteiger partial charge in [0.25, 0.3) is 5.91 Å². The highest BCUT2D eigenvalue weighted by atomic mass is 32.1. The third-order valence-electron chi connectivity index (χ3n) is 2.82. The fourth-order valence-corrected chi connectivity index (χ4v) is 2.52. The molecule has 5 nitrogen and oxygen atoms in total. The van der Waals surface area contributed by atoms with Crippen molar-refractivity contribution in [2.45, 2.75) is 13.8 Å². The Bertz CT molecular complexity index is 635. The van der Waals surface area contributed by atoms with E-state index < -0.39 is 0 Å². The van der Waals surface area contributed by atoms with E-state index in [-0.39, 0.29) is 11.8 Å². The Morgan fingerprint density at radius 1 is 1.14 bits per heavy atom. The van der Waals surface area contributed by atoms with Gasteiger partial charge in [-0.3, -0.25) is 9.59 Å². The molecule has 0 saturated heterocycles. The highest BCUT2D eigenvalue weighted by Crippen LogP contribution is 2.23. The zero-order chi connectivity index (χ0) is 15.2. The number of rotatable bonds is 5. The Balaban J connectivity index is 1.94. The van der Waals surface area contributed by atoms with Crippen molar-refractivity contribution in [1.82, 2.24) is 15.6 Å². The quantitative estimate of drug-likeness (QED) is 0.830. The van der Waals surface area contributed by atoms with E-state index in [1.165, 1.54) is 23.8 Å². The van der Waals surface area contributed by atoms with Crippen LogP contribution in [0.15, 0.2) is 29.6 Å². The van der Waals surface area contributed by atoms with E-state index in [0.717, 1.165) is 10.6 Å². The molecule has 0 fully saturated rings. The van der Waals surface area contributed by atoms with Crippen LogP contribution in [0.5, 0.6) is 0 Å². The van der Waals surface area contributed by atoms with Crippen LogP contribution in [0.25, 0.3) is 10.6 Å². The molecule has 0 aliphatic carbocycles. The van der Waals surface area contributed by atoms with Gasteiger partial charge in [0.15, 0.2) is 0 Å². The zero-order valence-corrected chi connectivity index (χ0v) is 12.8. The first-order valence-electron chi connectivity index (χ1n) is 6.61. The number of carbonyl (C=O) groups is 2. The van der Waals surface area contributed by atoms with Gasteiger partial charge in [-0.25, -0.2) is 4.98 Å². The molecule has 0 aliphatic heterocycles. The van der Waals surface area contributed by atoms with Crippen molar-refractivity contribution in [2.75, 3.05) is 13.1 Å². The Labute approximate surface area is 127 Å². The molecule has 2 amide bonds. The largest absolute Gasteiger partial charge is 0.355 e. The van der Waals surface area contributed by atoms with Gasteiger partial charge in [0.1, 0.15) is 10.7 Å². The predicted octanol–water partition coefficient (Wildman–Crippen LogP) is 1.98. The molecule has 110 valence electrons. The lowest BCUT2D eigenvalue weighted by molar-refractivity contribution is -0.118. The average Bonchev–Trinajstić information content (AvgIpc) is 2.94.